The third kappa shape index (κ3) is 5.21. The van der Waals surface area contributed by atoms with Gasteiger partial charge in [0.05, 0.1) is 14.2 Å². The summed E-state index contributed by atoms with van der Waals surface area (Å²) < 4.78 is 16.4. The maximum atomic E-state index is 13.0. The molecule has 1 aromatic heterocycles. The Morgan fingerprint density at radius 1 is 1.03 bits per heavy atom. The van der Waals surface area contributed by atoms with Gasteiger partial charge in [-0.1, -0.05) is 17.7 Å². The van der Waals surface area contributed by atoms with Gasteiger partial charge in [-0.15, -0.1) is 0 Å². The first-order chi connectivity index (χ1) is 14.5. The van der Waals surface area contributed by atoms with Crippen molar-refractivity contribution in [3.05, 3.63) is 76.9 Å². The van der Waals surface area contributed by atoms with Gasteiger partial charge in [-0.25, -0.2) is 4.98 Å². The van der Waals surface area contributed by atoms with Crippen molar-refractivity contribution < 1.29 is 19.0 Å². The van der Waals surface area contributed by atoms with Gasteiger partial charge in [0.2, 0.25) is 5.88 Å². The van der Waals surface area contributed by atoms with Crippen LogP contribution in [0.2, 0.25) is 5.02 Å². The van der Waals surface area contributed by atoms with Crippen molar-refractivity contribution >= 4 is 17.5 Å². The molecule has 30 heavy (non-hydrogen) atoms. The first-order valence-electron chi connectivity index (χ1n) is 9.36. The molecule has 1 amide bonds. The number of amides is 1. The Bertz CT molecular complexity index is 1010. The van der Waals surface area contributed by atoms with Gasteiger partial charge in [-0.05, 0) is 60.5 Å². The Morgan fingerprint density at radius 2 is 1.77 bits per heavy atom. The average molecular weight is 427 g/mol. The Kier molecular flexibility index (Phi) is 7.14. The number of hydrogen-bond donors (Lipinski definition) is 0. The van der Waals surface area contributed by atoms with Gasteiger partial charge in [-0.3, -0.25) is 4.79 Å². The molecular weight excluding hydrogens is 404 g/mol. The lowest BCUT2D eigenvalue weighted by Gasteiger charge is -2.19. The highest BCUT2D eigenvalue weighted by molar-refractivity contribution is 6.30. The summed E-state index contributed by atoms with van der Waals surface area (Å²) in [5.74, 6) is 1.97. The number of pyridine rings is 1. The molecule has 1 heterocycles. The van der Waals surface area contributed by atoms with Gasteiger partial charge >= 0.3 is 0 Å². The summed E-state index contributed by atoms with van der Waals surface area (Å²) in [5, 5.41) is 0.606. The third-order valence-electron chi connectivity index (χ3n) is 4.56. The zero-order chi connectivity index (χ0) is 21.5. The van der Waals surface area contributed by atoms with E-state index in [-0.39, 0.29) is 11.8 Å². The molecule has 3 aromatic rings. The largest absolute Gasteiger partial charge is 0.493 e. The van der Waals surface area contributed by atoms with Crippen molar-refractivity contribution in [3.8, 4) is 23.1 Å². The number of benzene rings is 2. The summed E-state index contributed by atoms with van der Waals surface area (Å²) in [4.78, 5) is 18.9. The summed E-state index contributed by atoms with van der Waals surface area (Å²) >= 11 is 5.91. The Labute approximate surface area is 181 Å². The molecule has 0 aliphatic carbocycles. The molecule has 0 saturated heterocycles. The number of carbonyl (C=O) groups is 1. The molecule has 0 unspecified atom stereocenters. The van der Waals surface area contributed by atoms with E-state index >= 15 is 0 Å². The number of halogens is 1. The summed E-state index contributed by atoms with van der Waals surface area (Å²) in [6, 6.07) is 16.0. The highest BCUT2D eigenvalue weighted by Crippen LogP contribution is 2.28. The van der Waals surface area contributed by atoms with E-state index in [4.69, 9.17) is 25.8 Å². The first-order valence-corrected chi connectivity index (χ1v) is 9.74. The predicted octanol–water partition coefficient (Wildman–Crippen LogP) is 4.86. The molecule has 0 radical (unpaired) electrons. The van der Waals surface area contributed by atoms with Crippen LogP contribution in [0.4, 0.5) is 0 Å². The van der Waals surface area contributed by atoms with Crippen molar-refractivity contribution in [3.63, 3.8) is 0 Å². The van der Waals surface area contributed by atoms with Gasteiger partial charge < -0.3 is 19.1 Å². The number of ether oxygens (including phenoxy) is 3. The quantitative estimate of drug-likeness (QED) is 0.514. The minimum atomic E-state index is -0.174. The fourth-order valence-corrected chi connectivity index (χ4v) is 3.02. The fraction of sp³-hybridized carbons (Fsp3) is 0.217. The van der Waals surface area contributed by atoms with Gasteiger partial charge in [0.25, 0.3) is 5.91 Å². The van der Waals surface area contributed by atoms with Crippen molar-refractivity contribution in [2.75, 3.05) is 27.8 Å². The number of methoxy groups -OCH3 is 2. The SMILES string of the molecule is COc1ccc(CCN(C)C(=O)c2cccnc2Oc2ccc(Cl)cc2)cc1OC. The highest BCUT2D eigenvalue weighted by atomic mass is 35.5. The maximum absolute atomic E-state index is 13.0. The number of hydrogen-bond acceptors (Lipinski definition) is 5. The van der Waals surface area contributed by atoms with Gasteiger partial charge in [0.15, 0.2) is 11.5 Å². The lowest BCUT2D eigenvalue weighted by molar-refractivity contribution is 0.0793. The predicted molar refractivity (Wildman–Crippen MR) is 116 cm³/mol. The van der Waals surface area contributed by atoms with Crippen molar-refractivity contribution in [1.82, 2.24) is 9.88 Å². The van der Waals surface area contributed by atoms with E-state index in [1.54, 1.807) is 68.8 Å². The van der Waals surface area contributed by atoms with Crippen LogP contribution in [0.1, 0.15) is 15.9 Å². The Balaban J connectivity index is 1.69. The van der Waals surface area contributed by atoms with Gasteiger partial charge in [0, 0.05) is 24.8 Å². The second-order valence-corrected chi connectivity index (χ2v) is 7.01. The molecule has 2 aromatic carbocycles. The standard InChI is InChI=1S/C23H23ClN2O4/c1-26(14-12-16-6-11-20(28-2)21(15-16)29-3)23(27)19-5-4-13-25-22(19)30-18-9-7-17(24)8-10-18/h4-11,13,15H,12,14H2,1-3H3. The Morgan fingerprint density at radius 3 is 2.47 bits per heavy atom. The number of aromatic nitrogens is 1. The van der Waals surface area contributed by atoms with Gasteiger partial charge in [-0.2, -0.15) is 0 Å². The van der Waals surface area contributed by atoms with Crippen LogP contribution in [0, 0.1) is 0 Å². The lowest BCUT2D eigenvalue weighted by atomic mass is 10.1. The van der Waals surface area contributed by atoms with Crippen LogP contribution >= 0.6 is 11.6 Å². The summed E-state index contributed by atoms with van der Waals surface area (Å²) in [6.45, 7) is 0.517. The minimum Gasteiger partial charge on any atom is -0.493 e. The topological polar surface area (TPSA) is 60.9 Å². The van der Waals surface area contributed by atoms with E-state index in [1.165, 1.54) is 0 Å². The zero-order valence-corrected chi connectivity index (χ0v) is 17.8. The lowest BCUT2D eigenvalue weighted by Crippen LogP contribution is -2.29. The maximum Gasteiger partial charge on any atom is 0.259 e. The number of carbonyl (C=O) groups excluding carboxylic acids is 1. The molecule has 0 fully saturated rings. The molecular formula is C23H23ClN2O4. The van der Waals surface area contributed by atoms with Crippen LogP contribution in [-0.4, -0.2) is 43.6 Å². The smallest absolute Gasteiger partial charge is 0.259 e. The molecule has 0 atom stereocenters. The molecule has 6 nitrogen and oxygen atoms in total. The van der Waals surface area contributed by atoms with Crippen LogP contribution < -0.4 is 14.2 Å². The van der Waals surface area contributed by atoms with Crippen LogP contribution in [0.3, 0.4) is 0 Å². The number of nitrogens with zero attached hydrogens (tertiary/aromatic N) is 2. The summed E-state index contributed by atoms with van der Waals surface area (Å²) in [6.07, 6.45) is 2.25. The molecule has 156 valence electrons. The minimum absolute atomic E-state index is 0.174. The first kappa shape index (κ1) is 21.5. The number of rotatable bonds is 8. The van der Waals surface area contributed by atoms with E-state index < -0.39 is 0 Å². The van der Waals surface area contributed by atoms with Crippen LogP contribution in [0.25, 0.3) is 0 Å². The van der Waals surface area contributed by atoms with Crippen molar-refractivity contribution in [2.24, 2.45) is 0 Å². The van der Waals surface area contributed by atoms with Crippen LogP contribution in [-0.2, 0) is 6.42 Å². The van der Waals surface area contributed by atoms with E-state index in [2.05, 4.69) is 4.98 Å². The fourth-order valence-electron chi connectivity index (χ4n) is 2.89. The van der Waals surface area contributed by atoms with Crippen molar-refractivity contribution in [1.29, 1.82) is 0 Å². The normalized spacial score (nSPS) is 10.4. The highest BCUT2D eigenvalue weighted by Gasteiger charge is 2.18. The van der Waals surface area contributed by atoms with Crippen LogP contribution in [0.15, 0.2) is 60.8 Å². The monoisotopic (exact) mass is 426 g/mol. The molecule has 0 bridgehead atoms. The third-order valence-corrected chi connectivity index (χ3v) is 4.81. The molecule has 0 saturated carbocycles. The second kappa shape index (κ2) is 9.98. The molecule has 0 spiro atoms. The zero-order valence-electron chi connectivity index (χ0n) is 17.1. The molecule has 3 rings (SSSR count). The second-order valence-electron chi connectivity index (χ2n) is 6.58. The average Bonchev–Trinajstić information content (AvgIpc) is 2.78. The van der Waals surface area contributed by atoms with E-state index in [1.807, 2.05) is 18.2 Å². The van der Waals surface area contributed by atoms with E-state index in [0.717, 1.165) is 5.56 Å². The summed E-state index contributed by atoms with van der Waals surface area (Å²) in [5.41, 5.74) is 1.43. The number of likely N-dealkylation sites (N-methyl/N-ethyl adjacent to an activating group) is 1. The molecule has 0 aliphatic rings. The van der Waals surface area contributed by atoms with Crippen LogP contribution in [0.5, 0.6) is 23.1 Å². The van der Waals surface area contributed by atoms with Crippen molar-refractivity contribution in [2.45, 2.75) is 6.42 Å². The van der Waals surface area contributed by atoms with Gasteiger partial charge in [0.1, 0.15) is 11.3 Å². The molecule has 0 aliphatic heterocycles. The summed E-state index contributed by atoms with van der Waals surface area (Å²) in [7, 11) is 4.95. The molecule has 7 heteroatoms. The van der Waals surface area contributed by atoms with E-state index in [9.17, 15) is 4.79 Å². The molecule has 0 N–H and O–H groups in total. The van der Waals surface area contributed by atoms with E-state index in [0.29, 0.717) is 40.8 Å². The Hall–Kier alpha value is -3.25.